The van der Waals surface area contributed by atoms with Gasteiger partial charge in [0, 0.05) is 23.4 Å². The molecule has 0 bridgehead atoms. The molecule has 0 fully saturated rings. The van der Waals surface area contributed by atoms with Crippen LogP contribution in [-0.2, 0) is 9.59 Å². The van der Waals surface area contributed by atoms with Crippen LogP contribution in [0.2, 0.25) is 0 Å². The van der Waals surface area contributed by atoms with Gasteiger partial charge >= 0.3 is 0 Å². The summed E-state index contributed by atoms with van der Waals surface area (Å²) in [5.74, 6) is 0.389. The summed E-state index contributed by atoms with van der Waals surface area (Å²) in [6, 6.07) is 17.3. The third-order valence-electron chi connectivity index (χ3n) is 7.12. The first-order chi connectivity index (χ1) is 20.1. The van der Waals surface area contributed by atoms with E-state index in [1.165, 1.54) is 23.1 Å². The number of aryl methyl sites for hydroxylation is 1. The number of thioether (sulfide) groups is 1. The Balaban J connectivity index is 1.41. The van der Waals surface area contributed by atoms with Crippen LogP contribution in [0.4, 0.5) is 10.8 Å². The van der Waals surface area contributed by atoms with Gasteiger partial charge in [0.05, 0.1) is 29.9 Å². The summed E-state index contributed by atoms with van der Waals surface area (Å²) >= 11 is 2.53. The second-order valence-electron chi connectivity index (χ2n) is 11.0. The molecule has 11 heteroatoms. The number of benzene rings is 2. The Kier molecular flexibility index (Phi) is 8.38. The number of carbonyl (C=O) groups is 2. The summed E-state index contributed by atoms with van der Waals surface area (Å²) in [6.45, 7) is 8.58. The highest BCUT2D eigenvalue weighted by atomic mass is 32.2. The van der Waals surface area contributed by atoms with Crippen molar-refractivity contribution in [2.75, 3.05) is 22.6 Å². The van der Waals surface area contributed by atoms with Crippen LogP contribution in [0.15, 0.2) is 75.5 Å². The molecule has 1 amide bonds. The Labute approximate surface area is 253 Å². The minimum absolute atomic E-state index is 0.00285. The fourth-order valence-corrected chi connectivity index (χ4v) is 7.07. The van der Waals surface area contributed by atoms with E-state index in [0.717, 1.165) is 22.6 Å². The summed E-state index contributed by atoms with van der Waals surface area (Å²) in [4.78, 5) is 28.0. The lowest BCUT2D eigenvalue weighted by Crippen LogP contribution is -2.42. The van der Waals surface area contributed by atoms with Gasteiger partial charge in [0.15, 0.2) is 10.1 Å². The molecule has 1 unspecified atom stereocenters. The lowest BCUT2D eigenvalue weighted by atomic mass is 9.68. The molecule has 2 heterocycles. The number of ketones is 1. The normalized spacial score (nSPS) is 18.0. The largest absolute Gasteiger partial charge is 0.494 e. The molecule has 1 aliphatic carbocycles. The standard InChI is InChI=1S/C31H32N6O3S2/c1-5-40-21-11-9-20(10-12-21)34-25(39)17-41-30-36-35-29(42-30)37-23-14-31(3,4)15-24(38)27(23)26(22(16-32)28(37)33)19-8-6-7-18(2)13-19/h6-13,26H,5,14-15,17,33H2,1-4H3,(H,34,39). The van der Waals surface area contributed by atoms with Crippen molar-refractivity contribution in [3.05, 3.63) is 82.3 Å². The number of nitrogens with zero attached hydrogens (tertiary/aromatic N) is 4. The Morgan fingerprint density at radius 1 is 1.24 bits per heavy atom. The summed E-state index contributed by atoms with van der Waals surface area (Å²) in [7, 11) is 0. The Morgan fingerprint density at radius 2 is 2.00 bits per heavy atom. The number of nitriles is 1. The molecule has 3 N–H and O–H groups in total. The maximum absolute atomic E-state index is 13.7. The highest BCUT2D eigenvalue weighted by Crippen LogP contribution is 2.50. The van der Waals surface area contributed by atoms with Crippen LogP contribution >= 0.6 is 23.1 Å². The Hall–Kier alpha value is -4.14. The second-order valence-corrected chi connectivity index (χ2v) is 13.2. The van der Waals surface area contributed by atoms with E-state index in [-0.39, 0.29) is 28.7 Å². The molecule has 42 heavy (non-hydrogen) atoms. The number of aromatic nitrogens is 2. The summed E-state index contributed by atoms with van der Waals surface area (Å²) in [5, 5.41) is 22.3. The van der Waals surface area contributed by atoms with Crippen LogP contribution < -0.4 is 20.7 Å². The van der Waals surface area contributed by atoms with Gasteiger partial charge in [0.1, 0.15) is 11.6 Å². The fourth-order valence-electron chi connectivity index (χ4n) is 5.39. The number of ether oxygens (including phenoxy) is 1. The zero-order valence-corrected chi connectivity index (χ0v) is 25.6. The SMILES string of the molecule is CCOc1ccc(NC(=O)CSc2nnc(N3C(N)=C(C#N)C(c4cccc(C)c4)C4=C3CC(C)(C)CC4=O)s2)cc1. The predicted molar refractivity (Wildman–Crippen MR) is 165 cm³/mol. The van der Waals surface area contributed by atoms with Crippen LogP contribution in [0.5, 0.6) is 5.75 Å². The number of anilines is 2. The average Bonchev–Trinajstić information content (AvgIpc) is 3.40. The topological polar surface area (TPSA) is 134 Å². The molecule has 1 atom stereocenters. The van der Waals surface area contributed by atoms with Crippen molar-refractivity contribution in [2.24, 2.45) is 11.1 Å². The second kappa shape index (κ2) is 12.0. The number of hydrogen-bond donors (Lipinski definition) is 2. The summed E-state index contributed by atoms with van der Waals surface area (Å²) in [6.07, 6.45) is 0.962. The third kappa shape index (κ3) is 6.05. The number of hydrogen-bond acceptors (Lipinski definition) is 10. The maximum atomic E-state index is 13.7. The van der Waals surface area contributed by atoms with Gasteiger partial charge in [-0.3, -0.25) is 14.5 Å². The molecule has 216 valence electrons. The van der Waals surface area contributed by atoms with E-state index in [1.807, 2.05) is 38.1 Å². The van der Waals surface area contributed by atoms with E-state index < -0.39 is 5.92 Å². The highest BCUT2D eigenvalue weighted by Gasteiger charge is 2.45. The summed E-state index contributed by atoms with van der Waals surface area (Å²) in [5.41, 5.74) is 10.6. The first-order valence-corrected chi connectivity index (χ1v) is 15.4. The van der Waals surface area contributed by atoms with Crippen LogP contribution in [0.3, 0.4) is 0 Å². The molecular weight excluding hydrogens is 569 g/mol. The van der Waals surface area contributed by atoms with Crippen molar-refractivity contribution in [1.29, 1.82) is 5.26 Å². The van der Waals surface area contributed by atoms with Crippen molar-refractivity contribution in [3.63, 3.8) is 0 Å². The molecular formula is C31H32N6O3S2. The van der Waals surface area contributed by atoms with E-state index in [4.69, 9.17) is 10.5 Å². The van der Waals surface area contributed by atoms with Crippen molar-refractivity contribution in [2.45, 2.75) is 50.8 Å². The predicted octanol–water partition coefficient (Wildman–Crippen LogP) is 5.92. The monoisotopic (exact) mass is 600 g/mol. The summed E-state index contributed by atoms with van der Waals surface area (Å²) < 4.78 is 6.01. The van der Waals surface area contributed by atoms with Gasteiger partial charge in [-0.25, -0.2) is 0 Å². The zero-order valence-electron chi connectivity index (χ0n) is 23.9. The molecule has 3 aromatic rings. The van der Waals surface area contributed by atoms with Gasteiger partial charge < -0.3 is 15.8 Å². The molecule has 1 aliphatic heterocycles. The molecule has 1 aromatic heterocycles. The molecule has 2 aliphatic rings. The first kappa shape index (κ1) is 29.4. The van der Waals surface area contributed by atoms with Crippen LogP contribution in [0.25, 0.3) is 0 Å². The zero-order chi connectivity index (χ0) is 30.0. The van der Waals surface area contributed by atoms with E-state index in [0.29, 0.717) is 45.8 Å². The molecule has 0 radical (unpaired) electrons. The van der Waals surface area contributed by atoms with E-state index in [2.05, 4.69) is 35.4 Å². The smallest absolute Gasteiger partial charge is 0.234 e. The van der Waals surface area contributed by atoms with Gasteiger partial charge in [0.25, 0.3) is 0 Å². The molecule has 2 aromatic carbocycles. The third-order valence-corrected chi connectivity index (χ3v) is 9.16. The highest BCUT2D eigenvalue weighted by molar-refractivity contribution is 8.01. The lowest BCUT2D eigenvalue weighted by molar-refractivity contribution is -0.118. The molecule has 0 saturated heterocycles. The number of Topliss-reactive ketones (excluding diaryl/α,β-unsaturated/α-hetero) is 1. The minimum atomic E-state index is -0.544. The number of allylic oxidation sites excluding steroid dienone is 3. The number of nitrogens with one attached hydrogen (secondary N) is 1. The van der Waals surface area contributed by atoms with Gasteiger partial charge in [0.2, 0.25) is 11.0 Å². The van der Waals surface area contributed by atoms with E-state index in [1.54, 1.807) is 29.2 Å². The maximum Gasteiger partial charge on any atom is 0.234 e. The van der Waals surface area contributed by atoms with Crippen LogP contribution in [0, 0.1) is 23.7 Å². The number of nitrogens with two attached hydrogens (primary N) is 1. The van der Waals surface area contributed by atoms with Gasteiger partial charge in [-0.05, 0) is 55.5 Å². The molecule has 0 spiro atoms. The fraction of sp³-hybridized carbons (Fsp3) is 0.323. The number of rotatable bonds is 8. The van der Waals surface area contributed by atoms with Crippen molar-refractivity contribution < 1.29 is 14.3 Å². The molecule has 9 nitrogen and oxygen atoms in total. The Morgan fingerprint density at radius 3 is 2.69 bits per heavy atom. The average molecular weight is 601 g/mol. The van der Waals surface area contributed by atoms with Gasteiger partial charge in [-0.15, -0.1) is 10.2 Å². The van der Waals surface area contributed by atoms with Gasteiger partial charge in [-0.2, -0.15) is 5.26 Å². The lowest BCUT2D eigenvalue weighted by Gasteiger charge is -2.42. The van der Waals surface area contributed by atoms with Crippen molar-refractivity contribution in [1.82, 2.24) is 10.2 Å². The Bertz CT molecular complexity index is 1630. The molecule has 0 saturated carbocycles. The number of amides is 1. The van der Waals surface area contributed by atoms with Gasteiger partial charge in [-0.1, -0.05) is 66.8 Å². The van der Waals surface area contributed by atoms with Crippen molar-refractivity contribution in [3.8, 4) is 11.8 Å². The van der Waals surface area contributed by atoms with Crippen LogP contribution in [0.1, 0.15) is 50.7 Å². The number of carbonyl (C=O) groups excluding carboxylic acids is 2. The van der Waals surface area contributed by atoms with Crippen molar-refractivity contribution >= 4 is 45.6 Å². The van der Waals surface area contributed by atoms with Crippen LogP contribution in [-0.4, -0.2) is 34.2 Å². The minimum Gasteiger partial charge on any atom is -0.494 e. The van der Waals surface area contributed by atoms with E-state index >= 15 is 0 Å². The molecule has 5 rings (SSSR count). The first-order valence-electron chi connectivity index (χ1n) is 13.6. The van der Waals surface area contributed by atoms with E-state index in [9.17, 15) is 14.9 Å². The quantitative estimate of drug-likeness (QED) is 0.302.